The van der Waals surface area contributed by atoms with E-state index in [0.29, 0.717) is 0 Å². The third-order valence-electron chi connectivity index (χ3n) is 14.0. The molecule has 0 bridgehead atoms. The molecule has 13 rings (SSSR count). The van der Waals surface area contributed by atoms with Gasteiger partial charge in [-0.2, -0.15) is 0 Å². The Morgan fingerprint density at radius 1 is 0.254 bits per heavy atom. The number of benzene rings is 11. The second kappa shape index (κ2) is 15.8. The van der Waals surface area contributed by atoms with Gasteiger partial charge in [0.05, 0.1) is 11.1 Å². The highest BCUT2D eigenvalue weighted by Crippen LogP contribution is 2.64. The Balaban J connectivity index is 1.05. The van der Waals surface area contributed by atoms with Crippen molar-refractivity contribution in [3.8, 4) is 44.5 Å². The molecule has 0 N–H and O–H groups in total. The van der Waals surface area contributed by atoms with E-state index in [1.165, 1.54) is 77.5 Å². The van der Waals surface area contributed by atoms with Crippen molar-refractivity contribution in [1.29, 1.82) is 0 Å². The number of hydrogen-bond donors (Lipinski definition) is 0. The summed E-state index contributed by atoms with van der Waals surface area (Å²) in [7, 11) is 0. The monoisotopic (exact) mass is 852 g/mol. The largest absolute Gasteiger partial charge is 0.310 e. The summed E-state index contributed by atoms with van der Waals surface area (Å²) < 4.78 is 0. The number of para-hydroxylation sites is 2. The maximum Gasteiger partial charge on any atom is 0.0727 e. The summed E-state index contributed by atoms with van der Waals surface area (Å²) in [4.78, 5) is 4.88. The number of hydrogen-bond acceptors (Lipinski definition) is 2. The highest BCUT2D eigenvalue weighted by atomic mass is 15.1. The van der Waals surface area contributed by atoms with E-state index in [0.717, 1.165) is 34.1 Å². The van der Waals surface area contributed by atoms with Gasteiger partial charge in [-0.15, -0.1) is 0 Å². The smallest absolute Gasteiger partial charge is 0.0727 e. The van der Waals surface area contributed by atoms with Gasteiger partial charge in [-0.3, -0.25) is 0 Å². The predicted octanol–water partition coefficient (Wildman–Crippen LogP) is 17.5. The van der Waals surface area contributed by atoms with Gasteiger partial charge >= 0.3 is 0 Å². The standard InChI is InChI=1S/C65H44N2/c1-5-19-45(20-6-1)46-33-36-51(37-34-46)66(49-24-9-3-10-25-49)52-38-40-57-55-29-15-17-31-59(55)65(61(57)43-52)60-32-18-16-30-56(60)58-41-39-53(44-62(58)65)67(50-26-11-4-12-27-50)63-42-35-47-21-13-14-28-54(47)64(63)48-22-7-2-8-23-48/h1-44H. The molecule has 67 heavy (non-hydrogen) atoms. The second-order valence-corrected chi connectivity index (χ2v) is 17.6. The number of rotatable bonds is 8. The second-order valence-electron chi connectivity index (χ2n) is 17.6. The number of anilines is 6. The predicted molar refractivity (Wildman–Crippen MR) is 280 cm³/mol. The normalized spacial score (nSPS) is 14.0. The Morgan fingerprint density at radius 2 is 0.672 bits per heavy atom. The summed E-state index contributed by atoms with van der Waals surface area (Å²) in [5.74, 6) is 0. The van der Waals surface area contributed by atoms with Gasteiger partial charge in [-0.05, 0) is 139 Å². The van der Waals surface area contributed by atoms with E-state index in [1.54, 1.807) is 0 Å². The maximum atomic E-state index is 2.50. The Morgan fingerprint density at radius 3 is 1.27 bits per heavy atom. The van der Waals surface area contributed by atoms with Crippen LogP contribution in [0.4, 0.5) is 34.1 Å². The van der Waals surface area contributed by atoms with Gasteiger partial charge < -0.3 is 9.80 Å². The summed E-state index contributed by atoms with van der Waals surface area (Å²) in [5.41, 5.74) is 21.1. The molecule has 0 aliphatic heterocycles. The van der Waals surface area contributed by atoms with Gasteiger partial charge in [0.25, 0.3) is 0 Å². The van der Waals surface area contributed by atoms with Crippen LogP contribution in [0.5, 0.6) is 0 Å². The van der Waals surface area contributed by atoms with Crippen LogP contribution in [0, 0.1) is 0 Å². The summed E-state index contributed by atoms with van der Waals surface area (Å²) in [5, 5.41) is 2.44. The summed E-state index contributed by atoms with van der Waals surface area (Å²) in [6.45, 7) is 0. The minimum Gasteiger partial charge on any atom is -0.310 e. The van der Waals surface area contributed by atoms with Crippen LogP contribution < -0.4 is 9.80 Å². The molecule has 0 radical (unpaired) electrons. The molecule has 2 aliphatic carbocycles. The van der Waals surface area contributed by atoms with Crippen molar-refractivity contribution in [2.24, 2.45) is 0 Å². The van der Waals surface area contributed by atoms with E-state index in [4.69, 9.17) is 0 Å². The van der Waals surface area contributed by atoms with Crippen molar-refractivity contribution in [3.63, 3.8) is 0 Å². The zero-order valence-corrected chi connectivity index (χ0v) is 36.8. The van der Waals surface area contributed by atoms with Crippen molar-refractivity contribution < 1.29 is 0 Å². The van der Waals surface area contributed by atoms with E-state index in [2.05, 4.69) is 277 Å². The lowest BCUT2D eigenvalue weighted by molar-refractivity contribution is 0.793. The average molecular weight is 853 g/mol. The van der Waals surface area contributed by atoms with Crippen LogP contribution in [-0.2, 0) is 5.41 Å². The first kappa shape index (κ1) is 38.7. The van der Waals surface area contributed by atoms with Crippen LogP contribution in [0.2, 0.25) is 0 Å². The molecule has 314 valence electrons. The molecule has 1 atom stereocenters. The minimum atomic E-state index is -0.586. The lowest BCUT2D eigenvalue weighted by atomic mass is 9.70. The van der Waals surface area contributed by atoms with Gasteiger partial charge in [0.1, 0.15) is 0 Å². The van der Waals surface area contributed by atoms with Crippen molar-refractivity contribution in [2.45, 2.75) is 5.41 Å². The molecule has 1 unspecified atom stereocenters. The Kier molecular flexibility index (Phi) is 9.11. The topological polar surface area (TPSA) is 6.48 Å². The van der Waals surface area contributed by atoms with Crippen LogP contribution in [0.15, 0.2) is 267 Å². The highest BCUT2D eigenvalue weighted by molar-refractivity contribution is 6.06. The zero-order valence-electron chi connectivity index (χ0n) is 36.8. The number of fused-ring (bicyclic) bond motifs is 11. The summed E-state index contributed by atoms with van der Waals surface area (Å²) in [6, 6.07) is 98.1. The zero-order chi connectivity index (χ0) is 44.3. The lowest BCUT2D eigenvalue weighted by Crippen LogP contribution is -2.26. The molecule has 1 spiro atoms. The van der Waals surface area contributed by atoms with E-state index in [1.807, 2.05) is 0 Å². The van der Waals surface area contributed by atoms with Crippen LogP contribution in [0.3, 0.4) is 0 Å². The molecule has 2 nitrogen and oxygen atoms in total. The SMILES string of the molecule is c1ccc(-c2ccc(N(c3ccccc3)c3ccc4c(c3)C3(c5ccccc5-4)c4ccccc4-c4ccc(N(c5ccccc5)c5ccc6ccccc6c5-c5ccccc5)cc43)cc2)cc1. The number of nitrogens with zero attached hydrogens (tertiary/aromatic N) is 2. The molecule has 0 heterocycles. The minimum absolute atomic E-state index is 0.586. The van der Waals surface area contributed by atoms with Crippen LogP contribution in [0.25, 0.3) is 55.3 Å². The van der Waals surface area contributed by atoms with Gasteiger partial charge in [0.15, 0.2) is 0 Å². The molecule has 0 amide bonds. The van der Waals surface area contributed by atoms with Crippen molar-refractivity contribution in [2.75, 3.05) is 9.80 Å². The van der Waals surface area contributed by atoms with E-state index in [-0.39, 0.29) is 0 Å². The van der Waals surface area contributed by atoms with Gasteiger partial charge in [-0.1, -0.05) is 200 Å². The maximum absolute atomic E-state index is 2.50. The lowest BCUT2D eigenvalue weighted by Gasteiger charge is -2.34. The fourth-order valence-electron chi connectivity index (χ4n) is 11.2. The fourth-order valence-corrected chi connectivity index (χ4v) is 11.2. The van der Waals surface area contributed by atoms with Crippen molar-refractivity contribution in [1.82, 2.24) is 0 Å². The van der Waals surface area contributed by atoms with Gasteiger partial charge in [0, 0.05) is 34.0 Å². The molecular formula is C65H44N2. The molecule has 0 saturated heterocycles. The third kappa shape index (κ3) is 6.11. The Hall–Kier alpha value is -8.72. The van der Waals surface area contributed by atoms with Gasteiger partial charge in [0.2, 0.25) is 0 Å². The molecule has 0 saturated carbocycles. The highest BCUT2D eigenvalue weighted by Gasteiger charge is 2.52. The first-order chi connectivity index (χ1) is 33.3. The Bertz CT molecular complexity index is 3610. The van der Waals surface area contributed by atoms with Crippen LogP contribution >= 0.6 is 0 Å². The Labute approximate surface area is 391 Å². The quantitative estimate of drug-likeness (QED) is 0.150. The van der Waals surface area contributed by atoms with Crippen molar-refractivity contribution in [3.05, 3.63) is 289 Å². The van der Waals surface area contributed by atoms with Crippen LogP contribution in [-0.4, -0.2) is 0 Å². The molecule has 11 aromatic rings. The average Bonchev–Trinajstić information content (AvgIpc) is 3.87. The fraction of sp³-hybridized carbons (Fsp3) is 0.0154. The van der Waals surface area contributed by atoms with Gasteiger partial charge in [-0.25, -0.2) is 0 Å². The summed E-state index contributed by atoms with van der Waals surface area (Å²) in [6.07, 6.45) is 0. The molecule has 0 fully saturated rings. The molecule has 0 aromatic heterocycles. The van der Waals surface area contributed by atoms with Crippen LogP contribution in [0.1, 0.15) is 22.3 Å². The first-order valence-electron chi connectivity index (χ1n) is 23.2. The van der Waals surface area contributed by atoms with E-state index < -0.39 is 5.41 Å². The molecule has 11 aromatic carbocycles. The molecular weight excluding hydrogens is 809 g/mol. The third-order valence-corrected chi connectivity index (χ3v) is 14.0. The van der Waals surface area contributed by atoms with E-state index >= 15 is 0 Å². The molecule has 2 aliphatic rings. The van der Waals surface area contributed by atoms with E-state index in [9.17, 15) is 0 Å². The molecule has 2 heteroatoms. The first-order valence-corrected chi connectivity index (χ1v) is 23.2. The van der Waals surface area contributed by atoms with Crippen molar-refractivity contribution >= 4 is 44.9 Å². The summed E-state index contributed by atoms with van der Waals surface area (Å²) >= 11 is 0.